The van der Waals surface area contributed by atoms with E-state index in [1.807, 2.05) is 6.20 Å². The summed E-state index contributed by atoms with van der Waals surface area (Å²) in [5, 5.41) is 8.46. The zero-order chi connectivity index (χ0) is 23.7. The average Bonchev–Trinajstić information content (AvgIpc) is 3.39. The van der Waals surface area contributed by atoms with Crippen LogP contribution in [0.25, 0.3) is 0 Å². The van der Waals surface area contributed by atoms with Crippen LogP contribution in [0, 0.1) is 6.92 Å². The van der Waals surface area contributed by atoms with Crippen LogP contribution < -0.4 is 0 Å². The standard InChI is InChI=1S/C24H37N7O2S/c1-20-3-5-21(6-4-20)15-30-16-22(25-26-30)17-31-18-24(19-34(31,32)33)29-13-11-28(12-14-29)23-7-9-27(2)10-8-23/h3-6,16,23-24H,7-15,17-19H2,1-2H3. The van der Waals surface area contributed by atoms with Crippen LogP contribution in [0.5, 0.6) is 0 Å². The largest absolute Gasteiger partial charge is 0.306 e. The number of aromatic nitrogens is 3. The zero-order valence-electron chi connectivity index (χ0n) is 20.4. The van der Waals surface area contributed by atoms with Crippen molar-refractivity contribution >= 4 is 10.0 Å². The van der Waals surface area contributed by atoms with Gasteiger partial charge in [0.05, 0.1) is 30.7 Å². The maximum absolute atomic E-state index is 12.9. The zero-order valence-corrected chi connectivity index (χ0v) is 21.2. The van der Waals surface area contributed by atoms with E-state index in [9.17, 15) is 8.42 Å². The number of nitrogens with zero attached hydrogens (tertiary/aromatic N) is 7. The molecule has 0 saturated carbocycles. The fourth-order valence-electron chi connectivity index (χ4n) is 5.51. The molecule has 0 spiro atoms. The number of likely N-dealkylation sites (tertiary alicyclic amines) is 1. The van der Waals surface area contributed by atoms with Crippen molar-refractivity contribution in [3.05, 3.63) is 47.3 Å². The molecule has 0 radical (unpaired) electrons. The molecule has 186 valence electrons. The maximum atomic E-state index is 12.9. The van der Waals surface area contributed by atoms with Crippen molar-refractivity contribution in [1.29, 1.82) is 0 Å². The second-order valence-corrected chi connectivity index (χ2v) is 12.2. The second-order valence-electron chi connectivity index (χ2n) is 10.2. The predicted octanol–water partition coefficient (Wildman–Crippen LogP) is 0.861. The van der Waals surface area contributed by atoms with Crippen LogP contribution in [-0.2, 0) is 23.1 Å². The van der Waals surface area contributed by atoms with Crippen molar-refractivity contribution in [3.63, 3.8) is 0 Å². The highest BCUT2D eigenvalue weighted by Gasteiger charge is 2.40. The third-order valence-corrected chi connectivity index (χ3v) is 9.54. The molecule has 0 amide bonds. The Kier molecular flexibility index (Phi) is 7.04. The smallest absolute Gasteiger partial charge is 0.216 e. The van der Waals surface area contributed by atoms with Crippen LogP contribution in [0.1, 0.15) is 29.7 Å². The maximum Gasteiger partial charge on any atom is 0.216 e. The number of benzene rings is 1. The Balaban J connectivity index is 1.14. The lowest BCUT2D eigenvalue weighted by Gasteiger charge is -2.43. The molecular formula is C24H37N7O2S. The van der Waals surface area contributed by atoms with Gasteiger partial charge in [-0.25, -0.2) is 13.1 Å². The van der Waals surface area contributed by atoms with E-state index in [0.717, 1.165) is 31.7 Å². The second kappa shape index (κ2) is 10.0. The molecule has 4 heterocycles. The van der Waals surface area contributed by atoms with Crippen LogP contribution in [0.15, 0.2) is 30.5 Å². The lowest BCUT2D eigenvalue weighted by atomic mass is 10.0. The van der Waals surface area contributed by atoms with Crippen molar-refractivity contribution < 1.29 is 8.42 Å². The van der Waals surface area contributed by atoms with Gasteiger partial charge < -0.3 is 4.90 Å². The lowest BCUT2D eigenvalue weighted by molar-refractivity contribution is 0.0496. The first-order valence-corrected chi connectivity index (χ1v) is 14.1. The van der Waals surface area contributed by atoms with E-state index in [1.54, 1.807) is 8.99 Å². The molecule has 34 heavy (non-hydrogen) atoms. The molecule has 1 aromatic carbocycles. The minimum absolute atomic E-state index is 0.0623. The summed E-state index contributed by atoms with van der Waals surface area (Å²) in [5.74, 6) is 0.207. The van der Waals surface area contributed by atoms with Crippen LogP contribution in [0.4, 0.5) is 0 Å². The lowest BCUT2D eigenvalue weighted by Crippen LogP contribution is -2.55. The summed E-state index contributed by atoms with van der Waals surface area (Å²) in [5.41, 5.74) is 3.07. The number of sulfonamides is 1. The van der Waals surface area contributed by atoms with Gasteiger partial charge in [0.15, 0.2) is 0 Å². The fourth-order valence-corrected chi connectivity index (χ4v) is 7.25. The SMILES string of the molecule is Cc1ccc(Cn2cc(CN3CC(N4CCN(C5CCN(C)CC5)CC4)CS3(=O)=O)nn2)cc1. The minimum atomic E-state index is -3.28. The Morgan fingerprint density at radius 2 is 1.56 bits per heavy atom. The first kappa shape index (κ1) is 23.9. The van der Waals surface area contributed by atoms with Gasteiger partial charge in [0, 0.05) is 44.8 Å². The van der Waals surface area contributed by atoms with Gasteiger partial charge in [-0.2, -0.15) is 4.31 Å². The van der Waals surface area contributed by atoms with E-state index in [4.69, 9.17) is 0 Å². The van der Waals surface area contributed by atoms with Crippen molar-refractivity contribution in [1.82, 2.24) is 34.0 Å². The van der Waals surface area contributed by atoms with E-state index in [0.29, 0.717) is 31.4 Å². The molecule has 9 nitrogen and oxygen atoms in total. The van der Waals surface area contributed by atoms with Gasteiger partial charge in [0.2, 0.25) is 10.0 Å². The van der Waals surface area contributed by atoms with Crippen LogP contribution >= 0.6 is 0 Å². The molecule has 10 heteroatoms. The molecule has 1 unspecified atom stereocenters. The van der Waals surface area contributed by atoms with E-state index >= 15 is 0 Å². The number of piperidine rings is 1. The van der Waals surface area contributed by atoms with Gasteiger partial charge in [-0.3, -0.25) is 9.80 Å². The van der Waals surface area contributed by atoms with Crippen LogP contribution in [0.3, 0.4) is 0 Å². The summed E-state index contributed by atoms with van der Waals surface area (Å²) in [6.07, 6.45) is 4.35. The summed E-state index contributed by atoms with van der Waals surface area (Å²) in [6.45, 7) is 9.87. The molecule has 0 aliphatic carbocycles. The number of hydrogen-bond acceptors (Lipinski definition) is 7. The van der Waals surface area contributed by atoms with Crippen molar-refractivity contribution in [2.75, 3.05) is 58.6 Å². The highest BCUT2D eigenvalue weighted by Crippen LogP contribution is 2.24. The Morgan fingerprint density at radius 1 is 0.912 bits per heavy atom. The van der Waals surface area contributed by atoms with E-state index in [-0.39, 0.29) is 11.8 Å². The fraction of sp³-hybridized carbons (Fsp3) is 0.667. The van der Waals surface area contributed by atoms with Gasteiger partial charge in [-0.15, -0.1) is 5.10 Å². The first-order valence-electron chi connectivity index (χ1n) is 12.4. The molecule has 0 N–H and O–H groups in total. The van der Waals surface area contributed by atoms with E-state index < -0.39 is 10.0 Å². The van der Waals surface area contributed by atoms with Gasteiger partial charge in [-0.05, 0) is 45.5 Å². The Bertz CT molecular complexity index is 1060. The van der Waals surface area contributed by atoms with Gasteiger partial charge in [-0.1, -0.05) is 35.0 Å². The molecule has 3 saturated heterocycles. The minimum Gasteiger partial charge on any atom is -0.306 e. The topological polar surface area (TPSA) is 77.8 Å². The van der Waals surface area contributed by atoms with Crippen molar-refractivity contribution in [3.8, 4) is 0 Å². The molecule has 2 aromatic rings. The number of rotatable bonds is 6. The molecular weight excluding hydrogens is 450 g/mol. The molecule has 5 rings (SSSR count). The highest BCUT2D eigenvalue weighted by molar-refractivity contribution is 7.89. The van der Waals surface area contributed by atoms with Crippen molar-refractivity contribution in [2.24, 2.45) is 0 Å². The highest BCUT2D eigenvalue weighted by atomic mass is 32.2. The van der Waals surface area contributed by atoms with Crippen molar-refractivity contribution in [2.45, 2.75) is 44.9 Å². The first-order chi connectivity index (χ1) is 16.4. The summed E-state index contributed by atoms with van der Waals surface area (Å²) in [7, 11) is -1.08. The number of piperazine rings is 1. The summed E-state index contributed by atoms with van der Waals surface area (Å²) in [6, 6.07) is 9.07. The molecule has 3 aliphatic heterocycles. The summed E-state index contributed by atoms with van der Waals surface area (Å²) >= 11 is 0. The molecule has 3 aliphatic rings. The Morgan fingerprint density at radius 3 is 2.24 bits per heavy atom. The van der Waals surface area contributed by atoms with Crippen LogP contribution in [0.2, 0.25) is 0 Å². The summed E-state index contributed by atoms with van der Waals surface area (Å²) in [4.78, 5) is 7.42. The predicted molar refractivity (Wildman–Crippen MR) is 132 cm³/mol. The number of aryl methyl sites for hydroxylation is 1. The quantitative estimate of drug-likeness (QED) is 0.598. The van der Waals surface area contributed by atoms with Crippen LogP contribution in [-0.4, -0.2) is 113 Å². The molecule has 1 atom stereocenters. The van der Waals surface area contributed by atoms with E-state index in [2.05, 4.69) is 63.2 Å². The van der Waals surface area contributed by atoms with E-state index in [1.165, 1.54) is 31.5 Å². The average molecular weight is 488 g/mol. The van der Waals surface area contributed by atoms with Gasteiger partial charge in [0.1, 0.15) is 0 Å². The molecule has 3 fully saturated rings. The molecule has 1 aromatic heterocycles. The third-order valence-electron chi connectivity index (χ3n) is 7.67. The Hall–Kier alpha value is -1.85. The molecule has 0 bridgehead atoms. The Labute approximate surface area is 203 Å². The number of hydrogen-bond donors (Lipinski definition) is 0. The third kappa shape index (κ3) is 5.52. The summed E-state index contributed by atoms with van der Waals surface area (Å²) < 4.78 is 29.2. The monoisotopic (exact) mass is 487 g/mol. The normalized spacial score (nSPS) is 25.8. The van der Waals surface area contributed by atoms with Gasteiger partial charge >= 0.3 is 0 Å². The van der Waals surface area contributed by atoms with Gasteiger partial charge in [0.25, 0.3) is 0 Å².